The topological polar surface area (TPSA) is 43.4 Å². The van der Waals surface area contributed by atoms with Crippen LogP contribution in [0.1, 0.15) is 19.3 Å². The maximum absolute atomic E-state index is 12.5. The first kappa shape index (κ1) is 9.63. The quantitative estimate of drug-likeness (QED) is 0.469. The van der Waals surface area contributed by atoms with Crippen LogP contribution in [0.25, 0.3) is 0 Å². The fourth-order valence-corrected chi connectivity index (χ4v) is 4.17. The van der Waals surface area contributed by atoms with Crippen molar-refractivity contribution in [1.82, 2.24) is 0 Å². The highest BCUT2D eigenvalue weighted by Gasteiger charge is 2.63. The highest BCUT2D eigenvalue weighted by Crippen LogP contribution is 2.56. The molecule has 4 aliphatic carbocycles. The molecular formula is C14H14O3. The third-order valence-electron chi connectivity index (χ3n) is 4.92. The number of hydrogen-bond acceptors (Lipinski definition) is 3. The number of carbonyl (C=O) groups is 2. The van der Waals surface area contributed by atoms with E-state index in [1.807, 2.05) is 6.08 Å². The number of ether oxygens (including phenoxy) is 1. The molecule has 0 radical (unpaired) electrons. The molecule has 1 spiro atoms. The summed E-state index contributed by atoms with van der Waals surface area (Å²) in [7, 11) is 0. The summed E-state index contributed by atoms with van der Waals surface area (Å²) in [5.41, 5.74) is -0.813. The Balaban J connectivity index is 1.84. The van der Waals surface area contributed by atoms with Crippen molar-refractivity contribution in [2.45, 2.75) is 24.9 Å². The highest BCUT2D eigenvalue weighted by molar-refractivity contribution is 5.97. The van der Waals surface area contributed by atoms with Crippen molar-refractivity contribution in [3.05, 3.63) is 24.3 Å². The summed E-state index contributed by atoms with van der Waals surface area (Å²) in [5, 5.41) is 0. The van der Waals surface area contributed by atoms with Gasteiger partial charge in [-0.2, -0.15) is 0 Å². The normalized spacial score (nSPS) is 50.1. The molecule has 0 amide bonds. The van der Waals surface area contributed by atoms with Gasteiger partial charge in [0.1, 0.15) is 0 Å². The minimum Gasteiger partial charge on any atom is -0.450 e. The maximum atomic E-state index is 12.5. The Hall–Kier alpha value is -1.38. The molecule has 1 heterocycles. The molecule has 2 bridgehead atoms. The summed E-state index contributed by atoms with van der Waals surface area (Å²) >= 11 is 0. The Kier molecular flexibility index (Phi) is 1.64. The summed E-state index contributed by atoms with van der Waals surface area (Å²) in [6, 6.07) is 0. The second kappa shape index (κ2) is 2.89. The number of esters is 1. The zero-order chi connectivity index (χ0) is 11.6. The Labute approximate surface area is 99.5 Å². The maximum Gasteiger partial charge on any atom is 0.306 e. The lowest BCUT2D eigenvalue weighted by atomic mass is 9.55. The third-order valence-corrected chi connectivity index (χ3v) is 4.92. The van der Waals surface area contributed by atoms with E-state index in [4.69, 9.17) is 4.74 Å². The average Bonchev–Trinajstić information content (AvgIpc) is 2.93. The van der Waals surface area contributed by atoms with Gasteiger partial charge in [0, 0.05) is 24.7 Å². The molecule has 2 fully saturated rings. The Morgan fingerprint density at radius 3 is 2.88 bits per heavy atom. The second-order valence-corrected chi connectivity index (χ2v) is 5.57. The van der Waals surface area contributed by atoms with Gasteiger partial charge < -0.3 is 4.74 Å². The largest absolute Gasteiger partial charge is 0.450 e. The summed E-state index contributed by atoms with van der Waals surface area (Å²) in [4.78, 5) is 24.0. The van der Waals surface area contributed by atoms with E-state index in [0.717, 1.165) is 6.42 Å². The van der Waals surface area contributed by atoms with Crippen LogP contribution in [-0.4, -0.2) is 17.4 Å². The van der Waals surface area contributed by atoms with Gasteiger partial charge in [-0.05, 0) is 18.3 Å². The summed E-state index contributed by atoms with van der Waals surface area (Å²) in [6.07, 6.45) is 10.5. The zero-order valence-electron chi connectivity index (χ0n) is 9.46. The molecule has 1 saturated heterocycles. The molecule has 1 aliphatic heterocycles. The van der Waals surface area contributed by atoms with Gasteiger partial charge >= 0.3 is 5.97 Å². The monoisotopic (exact) mass is 230 g/mol. The van der Waals surface area contributed by atoms with Crippen LogP contribution in [0.5, 0.6) is 0 Å². The predicted octanol–water partition coefficient (Wildman–Crippen LogP) is 1.64. The minimum atomic E-state index is -0.813. The van der Waals surface area contributed by atoms with Crippen LogP contribution in [-0.2, 0) is 14.3 Å². The van der Waals surface area contributed by atoms with Crippen LogP contribution in [0.4, 0.5) is 0 Å². The first-order valence-corrected chi connectivity index (χ1v) is 6.33. The van der Waals surface area contributed by atoms with Crippen molar-refractivity contribution < 1.29 is 14.3 Å². The molecule has 0 aromatic heterocycles. The summed E-state index contributed by atoms with van der Waals surface area (Å²) in [5.74, 6) is 0.802. The number of allylic oxidation sites excluding steroid dienone is 3. The standard InChI is InChI=1S/C14H14O3/c15-12-6-7-14(17-12)11-5-4-10(13(14)16)8-2-1-3-9(8)11/h1,3-5,8-11H,2,6-7H2/t8-,9+,10-,11+,14+/m0/s1. The molecule has 5 atom stereocenters. The molecule has 3 nitrogen and oxygen atoms in total. The van der Waals surface area contributed by atoms with Gasteiger partial charge in [-0.15, -0.1) is 0 Å². The first-order chi connectivity index (χ1) is 8.22. The second-order valence-electron chi connectivity index (χ2n) is 5.57. The van der Waals surface area contributed by atoms with E-state index in [0.29, 0.717) is 24.7 Å². The number of Topliss-reactive ketones (excluding diaryl/α,β-unsaturated/α-hetero) is 1. The number of hydrogen-bond donors (Lipinski definition) is 0. The van der Waals surface area contributed by atoms with Crippen LogP contribution in [0.2, 0.25) is 0 Å². The van der Waals surface area contributed by atoms with Gasteiger partial charge in [-0.1, -0.05) is 24.3 Å². The van der Waals surface area contributed by atoms with Crippen molar-refractivity contribution in [3.8, 4) is 0 Å². The lowest BCUT2D eigenvalue weighted by molar-refractivity contribution is -0.172. The van der Waals surface area contributed by atoms with Crippen molar-refractivity contribution in [2.24, 2.45) is 23.7 Å². The highest BCUT2D eigenvalue weighted by atomic mass is 16.6. The molecule has 0 N–H and O–H groups in total. The first-order valence-electron chi connectivity index (χ1n) is 6.33. The van der Waals surface area contributed by atoms with Crippen molar-refractivity contribution in [1.29, 1.82) is 0 Å². The summed E-state index contributed by atoms with van der Waals surface area (Å²) < 4.78 is 5.47. The fraction of sp³-hybridized carbons (Fsp3) is 0.571. The Bertz CT molecular complexity index is 476. The van der Waals surface area contributed by atoms with Gasteiger partial charge in [0.2, 0.25) is 0 Å². The summed E-state index contributed by atoms with van der Waals surface area (Å²) in [6.45, 7) is 0. The van der Waals surface area contributed by atoms with E-state index < -0.39 is 5.60 Å². The molecule has 0 aromatic rings. The average molecular weight is 230 g/mol. The van der Waals surface area contributed by atoms with Crippen LogP contribution in [0.15, 0.2) is 24.3 Å². The molecule has 88 valence electrons. The van der Waals surface area contributed by atoms with E-state index >= 15 is 0 Å². The molecule has 5 rings (SSSR count). The van der Waals surface area contributed by atoms with Gasteiger partial charge in [0.15, 0.2) is 11.4 Å². The van der Waals surface area contributed by atoms with Crippen LogP contribution >= 0.6 is 0 Å². The SMILES string of the molecule is O=C1CC[C@]2(O1)C(=O)[C@H]1C=C[C@@H]2[C@@H]2C=CC[C@@H]21. The number of rotatable bonds is 0. The third kappa shape index (κ3) is 0.985. The minimum absolute atomic E-state index is 0.0362. The van der Waals surface area contributed by atoms with Crippen LogP contribution < -0.4 is 0 Å². The van der Waals surface area contributed by atoms with Crippen LogP contribution in [0, 0.1) is 23.7 Å². The Morgan fingerprint density at radius 1 is 1.24 bits per heavy atom. The Morgan fingerprint density at radius 2 is 2.12 bits per heavy atom. The van der Waals surface area contributed by atoms with E-state index in [9.17, 15) is 9.59 Å². The lowest BCUT2D eigenvalue weighted by Gasteiger charge is -2.49. The van der Waals surface area contributed by atoms with Gasteiger partial charge in [0.25, 0.3) is 0 Å². The van der Waals surface area contributed by atoms with Crippen molar-refractivity contribution >= 4 is 11.8 Å². The number of carbonyl (C=O) groups excluding carboxylic acids is 2. The van der Waals surface area contributed by atoms with E-state index in [2.05, 4.69) is 18.2 Å². The molecule has 0 unspecified atom stereocenters. The molecule has 1 saturated carbocycles. The van der Waals surface area contributed by atoms with E-state index in [1.54, 1.807) is 0 Å². The lowest BCUT2D eigenvalue weighted by Crippen LogP contribution is -2.59. The van der Waals surface area contributed by atoms with E-state index in [-0.39, 0.29) is 23.6 Å². The van der Waals surface area contributed by atoms with Crippen LogP contribution in [0.3, 0.4) is 0 Å². The van der Waals surface area contributed by atoms with Gasteiger partial charge in [-0.3, -0.25) is 9.59 Å². The molecule has 5 aliphatic rings. The predicted molar refractivity (Wildman–Crippen MR) is 59.9 cm³/mol. The molecule has 17 heavy (non-hydrogen) atoms. The number of ketones is 1. The van der Waals surface area contributed by atoms with Crippen molar-refractivity contribution in [3.63, 3.8) is 0 Å². The smallest absolute Gasteiger partial charge is 0.306 e. The van der Waals surface area contributed by atoms with Gasteiger partial charge in [-0.25, -0.2) is 0 Å². The van der Waals surface area contributed by atoms with Gasteiger partial charge in [0.05, 0.1) is 0 Å². The fourth-order valence-electron chi connectivity index (χ4n) is 4.17. The molecule has 0 aromatic carbocycles. The molecular weight excluding hydrogens is 216 g/mol. The molecule has 3 heteroatoms. The van der Waals surface area contributed by atoms with Crippen molar-refractivity contribution in [2.75, 3.05) is 0 Å². The van der Waals surface area contributed by atoms with E-state index in [1.165, 1.54) is 0 Å². The zero-order valence-corrected chi connectivity index (χ0v) is 9.46.